The van der Waals surface area contributed by atoms with Gasteiger partial charge < -0.3 is 0 Å². The molecule has 3 aliphatic rings. The smallest absolute Gasteiger partial charge is 0.147 e. The van der Waals surface area contributed by atoms with Gasteiger partial charge in [-0.15, -0.1) is 24.8 Å². The van der Waals surface area contributed by atoms with E-state index in [1.807, 2.05) is 12.1 Å². The van der Waals surface area contributed by atoms with Gasteiger partial charge in [0.1, 0.15) is 0 Å². The number of alkyl halides is 6. The van der Waals surface area contributed by atoms with Crippen LogP contribution in [0.4, 0.5) is 26.3 Å². The van der Waals surface area contributed by atoms with E-state index in [2.05, 4.69) is 78.0 Å². The third kappa shape index (κ3) is 6.97. The summed E-state index contributed by atoms with van der Waals surface area (Å²) >= 11 is -3.42. The fourth-order valence-corrected chi connectivity index (χ4v) is 37.7. The van der Waals surface area contributed by atoms with E-state index in [9.17, 15) is 26.3 Å². The zero-order valence-electron chi connectivity index (χ0n) is 29.4. The summed E-state index contributed by atoms with van der Waals surface area (Å²) in [5.41, 5.74) is 9.63. The maximum Gasteiger partial charge on any atom is -0.147 e. The molecule has 0 amide bonds. The Morgan fingerprint density at radius 2 is 0.824 bits per heavy atom. The largest absolute Gasteiger partial charge is 0.147 e. The van der Waals surface area contributed by atoms with Crippen LogP contribution in [-0.2, 0) is 32.3 Å². The summed E-state index contributed by atoms with van der Waals surface area (Å²) in [5.74, 6) is 0. The zero-order valence-corrected chi connectivity index (χ0v) is 34.6. The molecular weight excluding hydrogens is 868 g/mol. The van der Waals surface area contributed by atoms with E-state index < -0.39 is 43.4 Å². The van der Waals surface area contributed by atoms with Gasteiger partial charge in [-0.05, 0) is 0 Å². The van der Waals surface area contributed by atoms with E-state index >= 15 is 0 Å². The Kier molecular flexibility index (Phi) is 10.4. The van der Waals surface area contributed by atoms with Crippen molar-refractivity contribution in [2.75, 3.05) is 0 Å². The first-order chi connectivity index (χ1) is 22.8. The number of benzene rings is 4. The molecule has 4 aromatic rings. The van der Waals surface area contributed by atoms with Crippen LogP contribution in [-0.4, -0.2) is 0 Å². The molecule has 2 atom stereocenters. The normalized spacial score (nSPS) is 19.3. The fourth-order valence-electron chi connectivity index (χ4n) is 8.41. The third-order valence-electron chi connectivity index (χ3n) is 10.9. The van der Waals surface area contributed by atoms with Crippen LogP contribution in [0.1, 0.15) is 82.3 Å². The van der Waals surface area contributed by atoms with Crippen molar-refractivity contribution in [3.8, 4) is 22.3 Å². The molecule has 51 heavy (non-hydrogen) atoms. The van der Waals surface area contributed by atoms with Crippen LogP contribution in [0.3, 0.4) is 0 Å². The van der Waals surface area contributed by atoms with Gasteiger partial charge in [-0.25, -0.2) is 0 Å². The van der Waals surface area contributed by atoms with Crippen LogP contribution in [0.5, 0.6) is 0 Å². The van der Waals surface area contributed by atoms with E-state index in [1.54, 1.807) is 24.3 Å². The summed E-state index contributed by atoms with van der Waals surface area (Å²) in [6.07, 6.45) is -4.09. The molecule has 0 bridgehead atoms. The van der Waals surface area contributed by atoms with Gasteiger partial charge in [-0.1, -0.05) is 0 Å². The Balaban J connectivity index is 0.00000252. The number of hydrogen-bond donors (Lipinski definition) is 0. The summed E-state index contributed by atoms with van der Waals surface area (Å²) in [6, 6.07) is 23.7. The van der Waals surface area contributed by atoms with Gasteiger partial charge in [0.25, 0.3) is 0 Å². The molecule has 270 valence electrons. The molecule has 1 fully saturated rings. The molecule has 0 N–H and O–H groups in total. The molecule has 1 saturated heterocycles. The van der Waals surface area contributed by atoms with Gasteiger partial charge in [0.05, 0.1) is 0 Å². The SMILES string of the molecule is CC(C)(C)C1=Cc2c(-c3ccc(C(F)(F)F)cc3)cccc2[CH]1[Hf]1([CH]2C(C(C)(C)C)=Cc3c(-c4ccc(C(F)(F)F)cc4)cccc32)[CH2][CH2]1.Cl.Cl. The van der Waals surface area contributed by atoms with E-state index in [0.717, 1.165) is 33.4 Å². The Morgan fingerprint density at radius 1 is 0.490 bits per heavy atom. The molecular formula is C42H42Cl2F6Hf. The zero-order chi connectivity index (χ0) is 35.3. The standard InChI is InChI=1S/2C20H18F3.C2H4.2ClH.Hf/c2*1-19(2,3)16-11-14-5-4-6-17(18(14)12-16)13-7-9-15(10-8-13)20(21,22)23;1-2;;;/h2*4-12H,1-3H3;1-2H2;2*1H;. The second-order valence-electron chi connectivity index (χ2n) is 16.1. The molecule has 2 unspecified atom stereocenters. The van der Waals surface area contributed by atoms with Crippen molar-refractivity contribution in [1.82, 2.24) is 0 Å². The summed E-state index contributed by atoms with van der Waals surface area (Å²) in [6.45, 7) is 13.6. The summed E-state index contributed by atoms with van der Waals surface area (Å²) in [5, 5.41) is 0. The molecule has 0 spiro atoms. The van der Waals surface area contributed by atoms with E-state index in [-0.39, 0.29) is 35.6 Å². The quantitative estimate of drug-likeness (QED) is 0.141. The van der Waals surface area contributed by atoms with Crippen LogP contribution in [0.25, 0.3) is 34.4 Å². The molecule has 0 saturated carbocycles. The third-order valence-corrected chi connectivity index (χ3v) is 29.6. The number of hydrogen-bond acceptors (Lipinski definition) is 0. The Bertz CT molecular complexity index is 1860. The second kappa shape index (κ2) is 13.4. The molecule has 7 rings (SSSR count). The van der Waals surface area contributed by atoms with Gasteiger partial charge in [0.2, 0.25) is 0 Å². The number of halogens is 8. The van der Waals surface area contributed by atoms with Crippen molar-refractivity contribution < 1.29 is 46.3 Å². The Hall–Kier alpha value is -2.61. The predicted octanol–water partition coefficient (Wildman–Crippen LogP) is 14.6. The first-order valence-corrected chi connectivity index (χ1v) is 26.1. The number of rotatable bonds is 4. The average molecular weight is 910 g/mol. The van der Waals surface area contributed by atoms with Gasteiger partial charge in [-0.2, -0.15) is 0 Å². The Morgan fingerprint density at radius 3 is 1.10 bits per heavy atom. The van der Waals surface area contributed by atoms with Gasteiger partial charge >= 0.3 is 291 Å². The molecule has 4 aromatic carbocycles. The number of fused-ring (bicyclic) bond motifs is 2. The van der Waals surface area contributed by atoms with Gasteiger partial charge in [0, 0.05) is 0 Å². The minimum atomic E-state index is -4.39. The Labute approximate surface area is 313 Å². The minimum Gasteiger partial charge on any atom is -0.147 e. The molecule has 2 aliphatic carbocycles. The molecule has 0 radical (unpaired) electrons. The van der Waals surface area contributed by atoms with Crippen LogP contribution >= 0.6 is 24.8 Å². The first-order valence-electron chi connectivity index (χ1n) is 16.9. The van der Waals surface area contributed by atoms with Crippen LogP contribution < -0.4 is 0 Å². The molecule has 1 aliphatic heterocycles. The first kappa shape index (κ1) is 39.6. The summed E-state index contributed by atoms with van der Waals surface area (Å²) < 4.78 is 83.6. The molecule has 9 heteroatoms. The van der Waals surface area contributed by atoms with Crippen molar-refractivity contribution in [3.63, 3.8) is 0 Å². The average Bonchev–Trinajstić information content (AvgIpc) is 3.52. The monoisotopic (exact) mass is 910 g/mol. The van der Waals surface area contributed by atoms with Gasteiger partial charge in [-0.3, -0.25) is 0 Å². The summed E-state index contributed by atoms with van der Waals surface area (Å²) in [7, 11) is 0. The molecule has 1 heterocycles. The van der Waals surface area contributed by atoms with Crippen LogP contribution in [0.2, 0.25) is 8.35 Å². The van der Waals surface area contributed by atoms with E-state index in [4.69, 9.17) is 0 Å². The van der Waals surface area contributed by atoms with Crippen molar-refractivity contribution in [3.05, 3.63) is 129 Å². The summed E-state index contributed by atoms with van der Waals surface area (Å²) in [4.78, 5) is 0. The molecule has 0 nitrogen and oxygen atoms in total. The maximum atomic E-state index is 13.4. The maximum absolute atomic E-state index is 13.4. The van der Waals surface area contributed by atoms with Crippen molar-refractivity contribution >= 4 is 37.0 Å². The topological polar surface area (TPSA) is 0 Å². The van der Waals surface area contributed by atoms with Crippen molar-refractivity contribution in [2.45, 2.75) is 69.6 Å². The van der Waals surface area contributed by atoms with Crippen LogP contribution in [0, 0.1) is 10.8 Å². The van der Waals surface area contributed by atoms with Crippen LogP contribution in [0.15, 0.2) is 96.1 Å². The predicted molar refractivity (Wildman–Crippen MR) is 198 cm³/mol. The number of allylic oxidation sites excluding steroid dienone is 2. The van der Waals surface area contributed by atoms with E-state index in [0.29, 0.717) is 7.35 Å². The molecule has 0 aromatic heterocycles. The minimum absolute atomic E-state index is 0. The van der Waals surface area contributed by atoms with E-state index in [1.165, 1.54) is 54.9 Å². The second-order valence-corrected chi connectivity index (χ2v) is 32.7. The fraction of sp³-hybridized carbons (Fsp3) is 0.333. The van der Waals surface area contributed by atoms with Crippen molar-refractivity contribution in [1.29, 1.82) is 0 Å². The van der Waals surface area contributed by atoms with Crippen molar-refractivity contribution in [2.24, 2.45) is 10.8 Å². The van der Waals surface area contributed by atoms with Gasteiger partial charge in [0.15, 0.2) is 0 Å².